The summed E-state index contributed by atoms with van der Waals surface area (Å²) in [5.74, 6) is 0.880. The van der Waals surface area contributed by atoms with E-state index >= 15 is 0 Å². The van der Waals surface area contributed by atoms with Crippen molar-refractivity contribution >= 4 is 11.6 Å². The summed E-state index contributed by atoms with van der Waals surface area (Å²) in [5, 5.41) is 4.28. The van der Waals surface area contributed by atoms with Gasteiger partial charge in [0, 0.05) is 28.7 Å². The third-order valence-corrected chi connectivity index (χ3v) is 4.00. The fourth-order valence-corrected chi connectivity index (χ4v) is 2.71. The largest absolute Gasteiger partial charge is 0.493 e. The van der Waals surface area contributed by atoms with Gasteiger partial charge in [0.1, 0.15) is 5.75 Å². The van der Waals surface area contributed by atoms with Gasteiger partial charge in [0.15, 0.2) is 0 Å². The van der Waals surface area contributed by atoms with Crippen LogP contribution < -0.4 is 10.1 Å². The molecule has 0 atom stereocenters. The minimum absolute atomic E-state index is 0.651. The van der Waals surface area contributed by atoms with Crippen LogP contribution in [-0.2, 0) is 6.54 Å². The van der Waals surface area contributed by atoms with Crippen molar-refractivity contribution < 1.29 is 4.74 Å². The Morgan fingerprint density at radius 1 is 1.14 bits per heavy atom. The van der Waals surface area contributed by atoms with E-state index in [-0.39, 0.29) is 0 Å². The molecule has 2 aromatic rings. The van der Waals surface area contributed by atoms with E-state index < -0.39 is 0 Å². The summed E-state index contributed by atoms with van der Waals surface area (Å²) in [5.41, 5.74) is 3.30. The molecule has 0 amide bonds. The number of nitrogens with one attached hydrogen (secondary N) is 1. The number of hydrogen-bond acceptors (Lipinski definition) is 2. The Morgan fingerprint density at radius 2 is 1.95 bits per heavy atom. The molecule has 3 heteroatoms. The molecule has 0 heterocycles. The quantitative estimate of drug-likeness (QED) is 0.838. The number of hydrogen-bond donors (Lipinski definition) is 1. The lowest BCUT2D eigenvalue weighted by Gasteiger charge is -2.12. The van der Waals surface area contributed by atoms with Gasteiger partial charge in [0.25, 0.3) is 0 Å². The second kappa shape index (κ2) is 6.50. The van der Waals surface area contributed by atoms with Crippen LogP contribution in [-0.4, -0.2) is 12.6 Å². The molecule has 0 aromatic heterocycles. The highest BCUT2D eigenvalue weighted by Crippen LogP contribution is 2.35. The molecule has 1 N–H and O–H groups in total. The fraction of sp³-hybridized carbons (Fsp3) is 0.333. The minimum Gasteiger partial charge on any atom is -0.493 e. The molecular formula is C18H20ClNO. The molecule has 0 radical (unpaired) electrons. The summed E-state index contributed by atoms with van der Waals surface area (Å²) in [4.78, 5) is 0. The predicted molar refractivity (Wildman–Crippen MR) is 87.9 cm³/mol. The zero-order valence-electron chi connectivity index (χ0n) is 12.2. The Kier molecular flexibility index (Phi) is 4.47. The average molecular weight is 302 g/mol. The summed E-state index contributed by atoms with van der Waals surface area (Å²) in [7, 11) is 0. The second-order valence-corrected chi connectivity index (χ2v) is 5.81. The van der Waals surface area contributed by atoms with Crippen molar-refractivity contribution in [2.45, 2.75) is 32.4 Å². The molecule has 21 heavy (non-hydrogen) atoms. The molecule has 1 saturated carbocycles. The van der Waals surface area contributed by atoms with Crippen LogP contribution >= 0.6 is 11.6 Å². The van der Waals surface area contributed by atoms with Crippen molar-refractivity contribution in [3.05, 3.63) is 53.1 Å². The van der Waals surface area contributed by atoms with Crippen molar-refractivity contribution in [3.63, 3.8) is 0 Å². The van der Waals surface area contributed by atoms with Crippen molar-refractivity contribution in [3.8, 4) is 16.9 Å². The molecule has 3 rings (SSSR count). The van der Waals surface area contributed by atoms with Crippen molar-refractivity contribution in [1.82, 2.24) is 5.32 Å². The van der Waals surface area contributed by atoms with Gasteiger partial charge in [-0.15, -0.1) is 0 Å². The Morgan fingerprint density at radius 3 is 2.67 bits per heavy atom. The van der Waals surface area contributed by atoms with Gasteiger partial charge < -0.3 is 10.1 Å². The number of halogens is 1. The molecule has 0 aliphatic heterocycles. The van der Waals surface area contributed by atoms with E-state index in [1.54, 1.807) is 0 Å². The molecule has 110 valence electrons. The molecule has 0 unspecified atom stereocenters. The Balaban J connectivity index is 1.84. The van der Waals surface area contributed by atoms with Gasteiger partial charge in [-0.25, -0.2) is 0 Å². The van der Waals surface area contributed by atoms with Gasteiger partial charge >= 0.3 is 0 Å². The van der Waals surface area contributed by atoms with Crippen LogP contribution in [0, 0.1) is 0 Å². The molecule has 1 aliphatic carbocycles. The van der Waals surface area contributed by atoms with Crippen LogP contribution in [0.1, 0.15) is 25.3 Å². The highest BCUT2D eigenvalue weighted by atomic mass is 35.5. The van der Waals surface area contributed by atoms with Gasteiger partial charge in [-0.3, -0.25) is 0 Å². The van der Waals surface area contributed by atoms with Crippen LogP contribution in [0.3, 0.4) is 0 Å². The first-order chi connectivity index (χ1) is 10.3. The highest BCUT2D eigenvalue weighted by Gasteiger charge is 2.20. The first-order valence-electron chi connectivity index (χ1n) is 7.52. The van der Waals surface area contributed by atoms with Gasteiger partial charge in [-0.2, -0.15) is 0 Å². The molecule has 0 spiro atoms. The molecule has 0 saturated heterocycles. The molecule has 1 fully saturated rings. The van der Waals surface area contributed by atoms with E-state index in [4.69, 9.17) is 16.3 Å². The van der Waals surface area contributed by atoms with Crippen LogP contribution in [0.4, 0.5) is 0 Å². The maximum atomic E-state index is 6.48. The van der Waals surface area contributed by atoms with Crippen molar-refractivity contribution in [1.29, 1.82) is 0 Å². The van der Waals surface area contributed by atoms with Gasteiger partial charge in [0.2, 0.25) is 0 Å². The van der Waals surface area contributed by atoms with Crippen molar-refractivity contribution in [2.75, 3.05) is 6.61 Å². The summed E-state index contributed by atoms with van der Waals surface area (Å²) in [6.45, 7) is 3.53. The first-order valence-corrected chi connectivity index (χ1v) is 7.89. The summed E-state index contributed by atoms with van der Waals surface area (Å²) >= 11 is 6.48. The van der Waals surface area contributed by atoms with Crippen LogP contribution in [0.25, 0.3) is 11.1 Å². The molecule has 0 bridgehead atoms. The van der Waals surface area contributed by atoms with E-state index in [2.05, 4.69) is 23.5 Å². The summed E-state index contributed by atoms with van der Waals surface area (Å²) in [6, 6.07) is 15.0. The Hall–Kier alpha value is -1.51. The topological polar surface area (TPSA) is 21.3 Å². The van der Waals surface area contributed by atoms with Gasteiger partial charge in [-0.1, -0.05) is 41.9 Å². The smallest absolute Gasteiger partial charge is 0.127 e. The number of rotatable bonds is 6. The Bertz CT molecular complexity index is 622. The average Bonchev–Trinajstić information content (AvgIpc) is 3.31. The second-order valence-electron chi connectivity index (χ2n) is 5.40. The zero-order valence-corrected chi connectivity index (χ0v) is 13.0. The van der Waals surface area contributed by atoms with Crippen LogP contribution in [0.15, 0.2) is 42.5 Å². The lowest BCUT2D eigenvalue weighted by Crippen LogP contribution is -2.15. The standard InChI is InChI=1S/C18H20ClNO/c1-2-21-18-6-4-3-5-16(18)15-10-7-13(11-17(15)19)12-20-14-8-9-14/h3-7,10-11,14,20H,2,8-9,12H2,1H3. The van der Waals surface area contributed by atoms with E-state index in [1.807, 2.05) is 31.2 Å². The third kappa shape index (κ3) is 3.58. The monoisotopic (exact) mass is 301 g/mol. The van der Waals surface area contributed by atoms with E-state index in [9.17, 15) is 0 Å². The van der Waals surface area contributed by atoms with E-state index in [0.29, 0.717) is 12.6 Å². The zero-order chi connectivity index (χ0) is 14.7. The molecule has 2 nitrogen and oxygen atoms in total. The third-order valence-electron chi connectivity index (χ3n) is 3.68. The van der Waals surface area contributed by atoms with E-state index in [0.717, 1.165) is 28.4 Å². The van der Waals surface area contributed by atoms with Crippen LogP contribution in [0.5, 0.6) is 5.75 Å². The summed E-state index contributed by atoms with van der Waals surface area (Å²) in [6.07, 6.45) is 2.60. The normalized spacial score (nSPS) is 14.2. The first kappa shape index (κ1) is 14.4. The van der Waals surface area contributed by atoms with Crippen LogP contribution in [0.2, 0.25) is 5.02 Å². The predicted octanol–water partition coefficient (Wildman–Crippen LogP) is 4.66. The molecule has 2 aromatic carbocycles. The van der Waals surface area contributed by atoms with Crippen molar-refractivity contribution in [2.24, 2.45) is 0 Å². The molecular weight excluding hydrogens is 282 g/mol. The highest BCUT2D eigenvalue weighted by molar-refractivity contribution is 6.33. The summed E-state index contributed by atoms with van der Waals surface area (Å²) < 4.78 is 5.69. The van der Waals surface area contributed by atoms with Gasteiger partial charge in [-0.05, 0) is 37.5 Å². The maximum absolute atomic E-state index is 6.48. The number of ether oxygens (including phenoxy) is 1. The van der Waals surface area contributed by atoms with Gasteiger partial charge in [0.05, 0.1) is 6.61 Å². The molecule has 1 aliphatic rings. The maximum Gasteiger partial charge on any atom is 0.127 e. The van der Waals surface area contributed by atoms with E-state index in [1.165, 1.54) is 18.4 Å². The fourth-order valence-electron chi connectivity index (χ4n) is 2.41. The number of benzene rings is 2. The minimum atomic E-state index is 0.651. The number of para-hydroxylation sites is 1. The lowest BCUT2D eigenvalue weighted by molar-refractivity contribution is 0.341. The lowest BCUT2D eigenvalue weighted by atomic mass is 10.0. The SMILES string of the molecule is CCOc1ccccc1-c1ccc(CNC2CC2)cc1Cl. The Labute approximate surface area is 131 Å².